The van der Waals surface area contributed by atoms with E-state index in [2.05, 4.69) is 66.3 Å². The van der Waals surface area contributed by atoms with E-state index in [1.54, 1.807) is 0 Å². The lowest BCUT2D eigenvalue weighted by atomic mass is 9.87. The number of hydrogen-bond acceptors (Lipinski definition) is 1. The van der Waals surface area contributed by atoms with Crippen molar-refractivity contribution in [3.8, 4) is 0 Å². The van der Waals surface area contributed by atoms with Crippen molar-refractivity contribution in [2.24, 2.45) is 0 Å². The van der Waals surface area contributed by atoms with Crippen LogP contribution in [0.2, 0.25) is 0 Å². The first-order valence-corrected chi connectivity index (χ1v) is 10.4. The summed E-state index contributed by atoms with van der Waals surface area (Å²) in [6, 6.07) is 24.3. The van der Waals surface area contributed by atoms with Crippen LogP contribution in [0.3, 0.4) is 0 Å². The first-order chi connectivity index (χ1) is 13.3. The minimum atomic E-state index is -0.0760. The minimum Gasteiger partial charge on any atom is -0.321 e. The lowest BCUT2D eigenvalue weighted by molar-refractivity contribution is 0.102. The van der Waals surface area contributed by atoms with Crippen LogP contribution in [0.1, 0.15) is 47.8 Å². The van der Waals surface area contributed by atoms with E-state index in [0.717, 1.165) is 34.1 Å². The Labute approximate surface area is 176 Å². The number of carbonyl (C=O) groups is 1. The zero-order valence-electron chi connectivity index (χ0n) is 16.6. The van der Waals surface area contributed by atoms with E-state index in [-0.39, 0.29) is 11.3 Å². The van der Waals surface area contributed by atoms with Crippen molar-refractivity contribution in [2.75, 3.05) is 5.32 Å². The Bertz CT molecular complexity index is 958. The van der Waals surface area contributed by atoms with Crippen LogP contribution >= 0.6 is 15.9 Å². The topological polar surface area (TPSA) is 29.1 Å². The molecule has 0 atom stereocenters. The van der Waals surface area contributed by atoms with Gasteiger partial charge in [-0.1, -0.05) is 75.4 Å². The second-order valence-electron chi connectivity index (χ2n) is 8.04. The average molecular weight is 436 g/mol. The first kappa shape index (κ1) is 20.3. The fourth-order valence-electron chi connectivity index (χ4n) is 3.16. The van der Waals surface area contributed by atoms with Gasteiger partial charge in [-0.2, -0.15) is 0 Å². The lowest BCUT2D eigenvalue weighted by Crippen LogP contribution is -2.16. The van der Waals surface area contributed by atoms with Crippen LogP contribution in [0, 0.1) is 0 Å². The number of aryl methyl sites for hydroxylation is 2. The van der Waals surface area contributed by atoms with Gasteiger partial charge in [0.1, 0.15) is 0 Å². The quantitative estimate of drug-likeness (QED) is 0.469. The molecule has 144 valence electrons. The van der Waals surface area contributed by atoms with Gasteiger partial charge in [0.05, 0.1) is 5.69 Å². The first-order valence-electron chi connectivity index (χ1n) is 9.58. The van der Waals surface area contributed by atoms with Crippen LogP contribution in [0.25, 0.3) is 0 Å². The molecule has 1 amide bonds. The molecule has 2 nitrogen and oxygen atoms in total. The van der Waals surface area contributed by atoms with E-state index in [0.29, 0.717) is 0 Å². The maximum atomic E-state index is 12.9. The predicted octanol–water partition coefficient (Wildman–Crippen LogP) is 6.78. The van der Waals surface area contributed by atoms with Gasteiger partial charge in [-0.15, -0.1) is 0 Å². The Kier molecular flexibility index (Phi) is 6.35. The molecule has 0 aliphatic carbocycles. The number of benzene rings is 3. The van der Waals surface area contributed by atoms with Crippen LogP contribution in [0.5, 0.6) is 0 Å². The van der Waals surface area contributed by atoms with Gasteiger partial charge in [0.25, 0.3) is 5.91 Å². The normalized spacial score (nSPS) is 11.3. The summed E-state index contributed by atoms with van der Waals surface area (Å²) in [4.78, 5) is 12.9. The van der Waals surface area contributed by atoms with E-state index in [9.17, 15) is 4.79 Å². The highest BCUT2D eigenvalue weighted by Gasteiger charge is 2.17. The average Bonchev–Trinajstić information content (AvgIpc) is 2.68. The second kappa shape index (κ2) is 8.74. The Balaban J connectivity index is 1.76. The Morgan fingerprint density at radius 3 is 2.25 bits per heavy atom. The largest absolute Gasteiger partial charge is 0.321 e. The number of rotatable bonds is 5. The number of nitrogens with one attached hydrogen (secondary N) is 1. The smallest absolute Gasteiger partial charge is 0.255 e. The van der Waals surface area contributed by atoms with E-state index in [4.69, 9.17) is 0 Å². The molecule has 1 N–H and O–H groups in total. The molecule has 0 saturated carbocycles. The SMILES string of the molecule is CC(C)(C)c1ccc(NC(=O)c2ccccc2CCc2ccccc2)c(Br)c1. The van der Waals surface area contributed by atoms with Crippen LogP contribution in [-0.4, -0.2) is 5.91 Å². The Morgan fingerprint density at radius 2 is 1.57 bits per heavy atom. The van der Waals surface area contributed by atoms with E-state index in [1.165, 1.54) is 11.1 Å². The van der Waals surface area contributed by atoms with Crippen LogP contribution < -0.4 is 5.32 Å². The molecule has 0 spiro atoms. The zero-order valence-corrected chi connectivity index (χ0v) is 18.2. The van der Waals surface area contributed by atoms with Crippen molar-refractivity contribution in [1.82, 2.24) is 0 Å². The zero-order chi connectivity index (χ0) is 20.1. The molecule has 3 aromatic carbocycles. The minimum absolute atomic E-state index is 0.0646. The molecule has 0 bridgehead atoms. The van der Waals surface area contributed by atoms with Gasteiger partial charge in [-0.05, 0) is 69.1 Å². The predicted molar refractivity (Wildman–Crippen MR) is 121 cm³/mol. The van der Waals surface area contributed by atoms with Gasteiger partial charge in [0, 0.05) is 10.0 Å². The highest BCUT2D eigenvalue weighted by atomic mass is 79.9. The summed E-state index contributed by atoms with van der Waals surface area (Å²) in [6.45, 7) is 6.53. The fourth-order valence-corrected chi connectivity index (χ4v) is 3.63. The molecule has 0 aliphatic heterocycles. The number of amides is 1. The highest BCUT2D eigenvalue weighted by molar-refractivity contribution is 9.10. The summed E-state index contributed by atoms with van der Waals surface area (Å²) in [7, 11) is 0. The maximum Gasteiger partial charge on any atom is 0.255 e. The molecule has 3 heteroatoms. The monoisotopic (exact) mass is 435 g/mol. The summed E-state index contributed by atoms with van der Waals surface area (Å²) >= 11 is 3.61. The molecule has 0 aliphatic rings. The van der Waals surface area contributed by atoms with E-state index < -0.39 is 0 Å². The van der Waals surface area contributed by atoms with Gasteiger partial charge in [-0.25, -0.2) is 0 Å². The van der Waals surface area contributed by atoms with Crippen molar-refractivity contribution in [2.45, 2.75) is 39.0 Å². The van der Waals surface area contributed by atoms with E-state index >= 15 is 0 Å². The standard InChI is InChI=1S/C25H26BrNO/c1-25(2,3)20-15-16-23(22(26)17-20)27-24(28)21-12-8-7-11-19(21)14-13-18-9-5-4-6-10-18/h4-12,15-17H,13-14H2,1-3H3,(H,27,28). The molecule has 0 heterocycles. The van der Waals surface area contributed by atoms with Gasteiger partial charge in [0.2, 0.25) is 0 Å². The molecule has 0 unspecified atom stereocenters. The molecule has 0 fully saturated rings. The van der Waals surface area contributed by atoms with Crippen LogP contribution in [-0.2, 0) is 18.3 Å². The van der Waals surface area contributed by atoms with Crippen molar-refractivity contribution in [3.63, 3.8) is 0 Å². The number of carbonyl (C=O) groups excluding carboxylic acids is 1. The summed E-state index contributed by atoms with van der Waals surface area (Å²) < 4.78 is 0.898. The molecule has 0 saturated heterocycles. The van der Waals surface area contributed by atoms with Crippen molar-refractivity contribution >= 4 is 27.5 Å². The molecule has 0 aromatic heterocycles. The fraction of sp³-hybridized carbons (Fsp3) is 0.240. The van der Waals surface area contributed by atoms with Crippen molar-refractivity contribution < 1.29 is 4.79 Å². The molecule has 0 radical (unpaired) electrons. The Hall–Kier alpha value is -2.39. The van der Waals surface area contributed by atoms with E-state index in [1.807, 2.05) is 48.5 Å². The van der Waals surface area contributed by atoms with Gasteiger partial charge in [-0.3, -0.25) is 4.79 Å². The summed E-state index contributed by atoms with van der Waals surface area (Å²) in [6.07, 6.45) is 1.74. The second-order valence-corrected chi connectivity index (χ2v) is 8.90. The molecule has 28 heavy (non-hydrogen) atoms. The summed E-state index contributed by atoms with van der Waals surface area (Å²) in [5.41, 5.74) is 5.14. The Morgan fingerprint density at radius 1 is 0.893 bits per heavy atom. The highest BCUT2D eigenvalue weighted by Crippen LogP contribution is 2.30. The van der Waals surface area contributed by atoms with Crippen molar-refractivity contribution in [1.29, 1.82) is 0 Å². The lowest BCUT2D eigenvalue weighted by Gasteiger charge is -2.20. The number of halogens is 1. The third kappa shape index (κ3) is 5.11. The van der Waals surface area contributed by atoms with Crippen LogP contribution in [0.15, 0.2) is 77.3 Å². The summed E-state index contributed by atoms with van der Waals surface area (Å²) in [5.74, 6) is -0.0760. The van der Waals surface area contributed by atoms with Crippen LogP contribution in [0.4, 0.5) is 5.69 Å². The number of anilines is 1. The molecule has 3 rings (SSSR count). The molecular formula is C25H26BrNO. The third-order valence-electron chi connectivity index (χ3n) is 4.87. The maximum absolute atomic E-state index is 12.9. The third-order valence-corrected chi connectivity index (χ3v) is 5.53. The summed E-state index contributed by atoms with van der Waals surface area (Å²) in [5, 5.41) is 3.06. The van der Waals surface area contributed by atoms with Gasteiger partial charge < -0.3 is 5.32 Å². The van der Waals surface area contributed by atoms with Gasteiger partial charge in [0.15, 0.2) is 0 Å². The number of hydrogen-bond donors (Lipinski definition) is 1. The van der Waals surface area contributed by atoms with Gasteiger partial charge >= 0.3 is 0 Å². The van der Waals surface area contributed by atoms with Crippen molar-refractivity contribution in [3.05, 3.63) is 99.5 Å². The molecule has 3 aromatic rings. The molecular weight excluding hydrogens is 410 g/mol.